The first-order chi connectivity index (χ1) is 14.5. The van der Waals surface area contributed by atoms with Crippen molar-refractivity contribution in [3.63, 3.8) is 0 Å². The van der Waals surface area contributed by atoms with Gasteiger partial charge in [-0.05, 0) is 37.3 Å². The molecule has 178 valence electrons. The van der Waals surface area contributed by atoms with Crippen molar-refractivity contribution in [2.45, 2.75) is 51.6 Å². The fourth-order valence-corrected chi connectivity index (χ4v) is 2.99. The van der Waals surface area contributed by atoms with E-state index in [9.17, 15) is 13.2 Å². The molecule has 0 bridgehead atoms. The molecule has 1 heterocycles. The second kappa shape index (κ2) is 15.7. The molecule has 10 heteroatoms. The summed E-state index contributed by atoms with van der Waals surface area (Å²) in [6, 6.07) is 7.23. The second-order valence-electron chi connectivity index (χ2n) is 7.11. The summed E-state index contributed by atoms with van der Waals surface area (Å²) in [7, 11) is 0. The minimum Gasteiger partial charge on any atom is -0.379 e. The maximum atomic E-state index is 12.2. The number of alkyl halides is 3. The van der Waals surface area contributed by atoms with E-state index in [4.69, 9.17) is 14.2 Å². The van der Waals surface area contributed by atoms with Crippen molar-refractivity contribution in [1.82, 2.24) is 10.6 Å². The van der Waals surface area contributed by atoms with E-state index in [1.807, 2.05) is 19.1 Å². The monoisotopic (exact) mass is 559 g/mol. The molecule has 1 aliphatic heterocycles. The van der Waals surface area contributed by atoms with Crippen LogP contribution in [0.4, 0.5) is 13.2 Å². The van der Waals surface area contributed by atoms with E-state index in [1.165, 1.54) is 0 Å². The summed E-state index contributed by atoms with van der Waals surface area (Å²) in [5.74, 6) is 0.690. The van der Waals surface area contributed by atoms with Crippen molar-refractivity contribution in [1.29, 1.82) is 0 Å². The van der Waals surface area contributed by atoms with Gasteiger partial charge in [0, 0.05) is 26.3 Å². The number of ether oxygens (including phenoxy) is 3. The molecular formula is C21H33F3IN3O3. The largest absolute Gasteiger partial charge is 0.411 e. The van der Waals surface area contributed by atoms with Gasteiger partial charge in [-0.25, -0.2) is 4.99 Å². The molecule has 2 rings (SSSR count). The summed E-state index contributed by atoms with van der Waals surface area (Å²) in [6.07, 6.45) is -1.04. The molecule has 0 aliphatic carbocycles. The van der Waals surface area contributed by atoms with Crippen molar-refractivity contribution < 1.29 is 27.4 Å². The lowest BCUT2D eigenvalue weighted by atomic mass is 10.1. The predicted octanol–water partition coefficient (Wildman–Crippen LogP) is 4.02. The van der Waals surface area contributed by atoms with Crippen LogP contribution in [0, 0.1) is 0 Å². The fraction of sp³-hybridized carbons (Fsp3) is 0.667. The molecule has 1 atom stereocenters. The highest BCUT2D eigenvalue weighted by molar-refractivity contribution is 14.0. The standard InChI is InChI=1S/C21H32F3N3O3.HI/c1-2-25-20(26-9-5-10-28-15-19-8-4-11-30-19)27-13-17-6-3-7-18(12-17)14-29-16-21(22,23)24;/h3,6-7,12,19H,2,4-5,8-11,13-16H2,1H3,(H2,25,26,27);1H. The molecule has 6 nitrogen and oxygen atoms in total. The molecule has 0 amide bonds. The second-order valence-corrected chi connectivity index (χ2v) is 7.11. The SMILES string of the molecule is CCNC(=NCc1cccc(COCC(F)(F)F)c1)NCCCOCC1CCCO1.I. The molecule has 1 saturated heterocycles. The van der Waals surface area contributed by atoms with Crippen LogP contribution in [0.2, 0.25) is 0 Å². The number of benzene rings is 1. The van der Waals surface area contributed by atoms with Crippen molar-refractivity contribution in [3.8, 4) is 0 Å². The third kappa shape index (κ3) is 13.1. The van der Waals surface area contributed by atoms with E-state index in [2.05, 4.69) is 15.6 Å². The first-order valence-electron chi connectivity index (χ1n) is 10.4. The minimum atomic E-state index is -4.32. The van der Waals surface area contributed by atoms with Gasteiger partial charge in [0.15, 0.2) is 5.96 Å². The number of nitrogens with one attached hydrogen (secondary N) is 2. The lowest BCUT2D eigenvalue weighted by Gasteiger charge is -2.13. The number of nitrogens with zero attached hydrogens (tertiary/aromatic N) is 1. The van der Waals surface area contributed by atoms with Gasteiger partial charge in [-0.1, -0.05) is 24.3 Å². The molecule has 1 aromatic carbocycles. The topological polar surface area (TPSA) is 64.1 Å². The Bertz CT molecular complexity index is 642. The first-order valence-corrected chi connectivity index (χ1v) is 10.4. The van der Waals surface area contributed by atoms with Crippen LogP contribution >= 0.6 is 24.0 Å². The molecule has 0 radical (unpaired) electrons. The van der Waals surface area contributed by atoms with Crippen LogP contribution in [-0.2, 0) is 27.4 Å². The number of hydrogen-bond donors (Lipinski definition) is 2. The molecule has 1 fully saturated rings. The van der Waals surface area contributed by atoms with Crippen molar-refractivity contribution in [2.75, 3.05) is 39.5 Å². The van der Waals surface area contributed by atoms with Crippen LogP contribution in [0.15, 0.2) is 29.3 Å². The molecule has 1 aliphatic rings. The smallest absolute Gasteiger partial charge is 0.379 e. The number of guanidine groups is 1. The molecule has 0 saturated carbocycles. The van der Waals surface area contributed by atoms with E-state index < -0.39 is 12.8 Å². The quantitative estimate of drug-likeness (QED) is 0.175. The zero-order chi connectivity index (χ0) is 21.7. The molecule has 0 spiro atoms. The van der Waals surface area contributed by atoms with Gasteiger partial charge in [0.25, 0.3) is 0 Å². The number of hydrogen-bond acceptors (Lipinski definition) is 4. The highest BCUT2D eigenvalue weighted by Crippen LogP contribution is 2.16. The Hall–Kier alpha value is -1.11. The minimum absolute atomic E-state index is 0. The predicted molar refractivity (Wildman–Crippen MR) is 125 cm³/mol. The van der Waals surface area contributed by atoms with Crippen LogP contribution in [0.1, 0.15) is 37.3 Å². The van der Waals surface area contributed by atoms with E-state index >= 15 is 0 Å². The molecule has 1 unspecified atom stereocenters. The van der Waals surface area contributed by atoms with Crippen LogP contribution in [-0.4, -0.2) is 57.8 Å². The fourth-order valence-electron chi connectivity index (χ4n) is 2.99. The highest BCUT2D eigenvalue weighted by atomic mass is 127. The number of aliphatic imine (C=N–C) groups is 1. The van der Waals surface area contributed by atoms with Gasteiger partial charge in [0.1, 0.15) is 6.61 Å². The zero-order valence-corrected chi connectivity index (χ0v) is 20.2. The summed E-state index contributed by atoms with van der Waals surface area (Å²) in [5.41, 5.74) is 1.59. The normalized spacial score (nSPS) is 16.8. The zero-order valence-electron chi connectivity index (χ0n) is 17.9. The van der Waals surface area contributed by atoms with E-state index in [-0.39, 0.29) is 36.7 Å². The summed E-state index contributed by atoms with van der Waals surface area (Å²) >= 11 is 0. The molecule has 31 heavy (non-hydrogen) atoms. The Morgan fingerprint density at radius 2 is 2.03 bits per heavy atom. The highest BCUT2D eigenvalue weighted by Gasteiger charge is 2.27. The maximum absolute atomic E-state index is 12.2. The first kappa shape index (κ1) is 27.9. The Balaban J connectivity index is 0.00000480. The van der Waals surface area contributed by atoms with Gasteiger partial charge in [0.2, 0.25) is 0 Å². The Kier molecular flexibility index (Phi) is 14.1. The van der Waals surface area contributed by atoms with Gasteiger partial charge in [0.05, 0.1) is 25.9 Å². The third-order valence-corrected chi connectivity index (χ3v) is 4.38. The summed E-state index contributed by atoms with van der Waals surface area (Å²) < 4.78 is 52.5. The van der Waals surface area contributed by atoms with Gasteiger partial charge in [-0.15, -0.1) is 24.0 Å². The van der Waals surface area contributed by atoms with Crippen LogP contribution in [0.3, 0.4) is 0 Å². The lowest BCUT2D eigenvalue weighted by Crippen LogP contribution is -2.38. The van der Waals surface area contributed by atoms with Crippen molar-refractivity contribution in [3.05, 3.63) is 35.4 Å². The van der Waals surface area contributed by atoms with Gasteiger partial charge in [-0.2, -0.15) is 13.2 Å². The van der Waals surface area contributed by atoms with Crippen LogP contribution in [0.25, 0.3) is 0 Å². The summed E-state index contributed by atoms with van der Waals surface area (Å²) in [4.78, 5) is 4.54. The van der Waals surface area contributed by atoms with Crippen molar-refractivity contribution >= 4 is 29.9 Å². The van der Waals surface area contributed by atoms with E-state index in [1.54, 1.807) is 12.1 Å². The molecular weight excluding hydrogens is 526 g/mol. The van der Waals surface area contributed by atoms with Crippen molar-refractivity contribution in [2.24, 2.45) is 4.99 Å². The van der Waals surface area contributed by atoms with E-state index in [0.29, 0.717) is 31.3 Å². The average Bonchev–Trinajstić information content (AvgIpc) is 3.21. The number of halogens is 4. The summed E-state index contributed by atoms with van der Waals surface area (Å²) in [5, 5.41) is 6.45. The van der Waals surface area contributed by atoms with Gasteiger partial charge < -0.3 is 24.8 Å². The van der Waals surface area contributed by atoms with E-state index in [0.717, 1.165) is 44.5 Å². The average molecular weight is 559 g/mol. The third-order valence-electron chi connectivity index (χ3n) is 4.38. The van der Waals surface area contributed by atoms with Gasteiger partial charge in [-0.3, -0.25) is 0 Å². The molecule has 0 aromatic heterocycles. The van der Waals surface area contributed by atoms with Gasteiger partial charge >= 0.3 is 6.18 Å². The lowest BCUT2D eigenvalue weighted by molar-refractivity contribution is -0.176. The number of rotatable bonds is 12. The molecule has 1 aromatic rings. The Labute approximate surface area is 199 Å². The van der Waals surface area contributed by atoms with Crippen LogP contribution in [0.5, 0.6) is 0 Å². The van der Waals surface area contributed by atoms with Crippen LogP contribution < -0.4 is 10.6 Å². The Morgan fingerprint density at radius 3 is 2.74 bits per heavy atom. The Morgan fingerprint density at radius 1 is 1.23 bits per heavy atom. The summed E-state index contributed by atoms with van der Waals surface area (Å²) in [6.45, 7) is 4.67. The molecule has 2 N–H and O–H groups in total. The maximum Gasteiger partial charge on any atom is 0.411 e.